The molecule has 0 saturated carbocycles. The predicted molar refractivity (Wildman–Crippen MR) is 138 cm³/mol. The first-order valence-corrected chi connectivity index (χ1v) is 11.8. The molecule has 1 N–H and O–H groups in total. The van der Waals surface area contributed by atoms with Gasteiger partial charge >= 0.3 is 6.01 Å². The molecule has 12 heteroatoms. The van der Waals surface area contributed by atoms with Gasteiger partial charge in [0.1, 0.15) is 12.8 Å². The first-order chi connectivity index (χ1) is 18.0. The Hall–Kier alpha value is -4.97. The summed E-state index contributed by atoms with van der Waals surface area (Å²) in [5.74, 6) is -0.301. The maximum Gasteiger partial charge on any atom is 0.331 e. The van der Waals surface area contributed by atoms with Gasteiger partial charge in [-0.3, -0.25) is 14.6 Å². The third-order valence-electron chi connectivity index (χ3n) is 5.03. The minimum absolute atomic E-state index is 0.0198. The van der Waals surface area contributed by atoms with Gasteiger partial charge in [-0.1, -0.05) is 46.7 Å². The van der Waals surface area contributed by atoms with Crippen LogP contribution in [0.3, 0.4) is 0 Å². The summed E-state index contributed by atoms with van der Waals surface area (Å²) in [5, 5.41) is 17.3. The minimum Gasteiger partial charge on any atom is -0.401 e. The SMILES string of the molecule is CON=C(c1csc(NC(C)=O)c1)c1nnc(N2C(=O)C(=Cc3ccccn3)N=C2c2ccccc2)o1. The number of aromatic nitrogens is 3. The van der Waals surface area contributed by atoms with Gasteiger partial charge in [0.2, 0.25) is 5.91 Å². The van der Waals surface area contributed by atoms with Crippen LogP contribution in [0.25, 0.3) is 6.08 Å². The van der Waals surface area contributed by atoms with E-state index in [4.69, 9.17) is 9.25 Å². The summed E-state index contributed by atoms with van der Waals surface area (Å²) in [5.41, 5.74) is 2.26. The number of benzene rings is 1. The molecule has 0 bridgehead atoms. The Balaban J connectivity index is 1.52. The number of hydrogen-bond acceptors (Lipinski definition) is 10. The van der Waals surface area contributed by atoms with Crippen LogP contribution < -0.4 is 10.2 Å². The van der Waals surface area contributed by atoms with Crippen molar-refractivity contribution in [1.29, 1.82) is 0 Å². The fourth-order valence-electron chi connectivity index (χ4n) is 3.48. The quantitative estimate of drug-likeness (QED) is 0.226. The van der Waals surface area contributed by atoms with Gasteiger partial charge in [0.25, 0.3) is 11.8 Å². The van der Waals surface area contributed by atoms with E-state index < -0.39 is 5.91 Å². The van der Waals surface area contributed by atoms with E-state index >= 15 is 0 Å². The summed E-state index contributed by atoms with van der Waals surface area (Å²) in [6.45, 7) is 1.42. The second kappa shape index (κ2) is 10.3. The molecule has 1 aromatic carbocycles. The van der Waals surface area contributed by atoms with E-state index in [1.807, 2.05) is 36.4 Å². The highest BCUT2D eigenvalue weighted by molar-refractivity contribution is 7.14. The molecule has 0 radical (unpaired) electrons. The average molecular weight is 514 g/mol. The van der Waals surface area contributed by atoms with Crippen LogP contribution in [0, 0.1) is 0 Å². The van der Waals surface area contributed by atoms with Crippen LogP contribution >= 0.6 is 11.3 Å². The van der Waals surface area contributed by atoms with Crippen molar-refractivity contribution in [3.8, 4) is 0 Å². The molecule has 3 aromatic heterocycles. The van der Waals surface area contributed by atoms with Crippen molar-refractivity contribution in [2.24, 2.45) is 10.1 Å². The molecular weight excluding hydrogens is 494 g/mol. The topological polar surface area (TPSA) is 135 Å². The Kier molecular flexibility index (Phi) is 6.64. The molecule has 1 aliphatic rings. The van der Waals surface area contributed by atoms with Gasteiger partial charge in [0.05, 0.1) is 10.7 Å². The molecule has 0 fully saturated rings. The normalized spacial score (nSPS) is 14.7. The van der Waals surface area contributed by atoms with E-state index in [-0.39, 0.29) is 29.2 Å². The molecule has 0 spiro atoms. The minimum atomic E-state index is -0.451. The number of anilines is 2. The lowest BCUT2D eigenvalue weighted by Crippen LogP contribution is -2.33. The smallest absolute Gasteiger partial charge is 0.331 e. The number of rotatable bonds is 7. The van der Waals surface area contributed by atoms with E-state index in [1.165, 1.54) is 30.3 Å². The van der Waals surface area contributed by atoms with Crippen LogP contribution in [-0.2, 0) is 14.4 Å². The number of hydrogen-bond donors (Lipinski definition) is 1. The predicted octanol–water partition coefficient (Wildman–Crippen LogP) is 3.72. The monoisotopic (exact) mass is 513 g/mol. The van der Waals surface area contributed by atoms with Crippen molar-refractivity contribution in [1.82, 2.24) is 15.2 Å². The van der Waals surface area contributed by atoms with Gasteiger partial charge in [-0.15, -0.1) is 16.4 Å². The van der Waals surface area contributed by atoms with Crippen LogP contribution in [0.5, 0.6) is 0 Å². The van der Waals surface area contributed by atoms with Gasteiger partial charge in [-0.05, 0) is 24.3 Å². The van der Waals surface area contributed by atoms with Crippen LogP contribution in [0.2, 0.25) is 0 Å². The lowest BCUT2D eigenvalue weighted by atomic mass is 10.2. The molecule has 0 saturated heterocycles. The number of amides is 2. The number of aliphatic imine (C=N–C) groups is 1. The summed E-state index contributed by atoms with van der Waals surface area (Å²) in [7, 11) is 1.39. The Morgan fingerprint density at radius 1 is 1.16 bits per heavy atom. The highest BCUT2D eigenvalue weighted by atomic mass is 32.1. The number of oxime groups is 1. The van der Waals surface area contributed by atoms with Crippen molar-refractivity contribution >= 4 is 51.8 Å². The maximum absolute atomic E-state index is 13.5. The summed E-state index contributed by atoms with van der Waals surface area (Å²) in [4.78, 5) is 39.9. The molecule has 0 aliphatic carbocycles. The lowest BCUT2D eigenvalue weighted by molar-refractivity contribution is -0.114. The van der Waals surface area contributed by atoms with Crippen molar-refractivity contribution in [3.05, 3.63) is 94.6 Å². The molecule has 5 rings (SSSR count). The van der Waals surface area contributed by atoms with Crippen molar-refractivity contribution in [2.75, 3.05) is 17.3 Å². The van der Waals surface area contributed by atoms with E-state index in [0.29, 0.717) is 27.7 Å². The summed E-state index contributed by atoms with van der Waals surface area (Å²) in [6.07, 6.45) is 3.23. The van der Waals surface area contributed by atoms with Gasteiger partial charge in [0, 0.05) is 29.6 Å². The first-order valence-electron chi connectivity index (χ1n) is 11.0. The number of carbonyl (C=O) groups is 2. The highest BCUT2D eigenvalue weighted by Gasteiger charge is 2.36. The lowest BCUT2D eigenvalue weighted by Gasteiger charge is -2.13. The summed E-state index contributed by atoms with van der Waals surface area (Å²) in [6, 6.07) is 16.2. The molecule has 0 unspecified atom stereocenters. The fourth-order valence-corrected chi connectivity index (χ4v) is 4.32. The molecule has 1 aliphatic heterocycles. The van der Waals surface area contributed by atoms with Crippen molar-refractivity contribution in [2.45, 2.75) is 6.92 Å². The number of amidine groups is 1. The van der Waals surface area contributed by atoms with E-state index in [9.17, 15) is 9.59 Å². The summed E-state index contributed by atoms with van der Waals surface area (Å²) < 4.78 is 5.91. The number of nitrogens with one attached hydrogen (secondary N) is 1. The van der Waals surface area contributed by atoms with E-state index in [1.54, 1.807) is 35.9 Å². The zero-order valence-corrected chi connectivity index (χ0v) is 20.5. The van der Waals surface area contributed by atoms with Gasteiger partial charge in [0.15, 0.2) is 11.5 Å². The molecule has 37 heavy (non-hydrogen) atoms. The largest absolute Gasteiger partial charge is 0.401 e. The standard InChI is InChI=1S/C25H19N7O4S/c1-15(33)27-20-12-17(14-37-20)21(31-35-2)23-29-30-25(36-23)32-22(16-8-4-3-5-9-16)28-19(24(32)34)13-18-10-6-7-11-26-18/h3-14H,1-2H3,(H,27,33). The number of pyridine rings is 1. The van der Waals surface area contributed by atoms with Crippen LogP contribution in [-0.4, -0.2) is 45.7 Å². The molecule has 2 amide bonds. The Morgan fingerprint density at radius 3 is 2.70 bits per heavy atom. The van der Waals surface area contributed by atoms with Gasteiger partial charge in [-0.2, -0.15) is 0 Å². The molecule has 0 atom stereocenters. The molecule has 11 nitrogen and oxygen atoms in total. The molecule has 184 valence electrons. The molecule has 4 aromatic rings. The maximum atomic E-state index is 13.5. The van der Waals surface area contributed by atoms with Crippen LogP contribution in [0.15, 0.2) is 86.4 Å². The second-order valence-electron chi connectivity index (χ2n) is 7.62. The number of nitrogens with zero attached hydrogens (tertiary/aromatic N) is 6. The third-order valence-corrected chi connectivity index (χ3v) is 5.87. The average Bonchev–Trinajstić information content (AvgIpc) is 3.63. The van der Waals surface area contributed by atoms with Crippen molar-refractivity contribution < 1.29 is 18.8 Å². The Morgan fingerprint density at radius 2 is 1.97 bits per heavy atom. The first kappa shape index (κ1) is 23.8. The second-order valence-corrected chi connectivity index (χ2v) is 8.53. The van der Waals surface area contributed by atoms with E-state index in [2.05, 4.69) is 30.6 Å². The molecular formula is C25H19N7O4S. The third kappa shape index (κ3) is 5.04. The fraction of sp³-hybridized carbons (Fsp3) is 0.0800. The molecule has 4 heterocycles. The van der Waals surface area contributed by atoms with E-state index in [0.717, 1.165) is 0 Å². The zero-order valence-electron chi connectivity index (χ0n) is 19.7. The Bertz CT molecular complexity index is 1540. The van der Waals surface area contributed by atoms with Crippen LogP contribution in [0.1, 0.15) is 29.6 Å². The highest BCUT2D eigenvalue weighted by Crippen LogP contribution is 2.28. The summed E-state index contributed by atoms with van der Waals surface area (Å²) >= 11 is 1.30. The van der Waals surface area contributed by atoms with Gasteiger partial charge < -0.3 is 14.6 Å². The van der Waals surface area contributed by atoms with Crippen LogP contribution in [0.4, 0.5) is 11.0 Å². The zero-order chi connectivity index (χ0) is 25.8. The van der Waals surface area contributed by atoms with Gasteiger partial charge in [-0.25, -0.2) is 9.89 Å². The Labute approximate surface area is 214 Å². The number of thiophene rings is 1. The number of carbonyl (C=O) groups excluding carboxylic acids is 2. The van der Waals surface area contributed by atoms with Crippen molar-refractivity contribution in [3.63, 3.8) is 0 Å².